The second-order valence-electron chi connectivity index (χ2n) is 4.28. The van der Waals surface area contributed by atoms with Crippen LogP contribution in [0.25, 0.3) is 0 Å². The van der Waals surface area contributed by atoms with Crippen LogP contribution in [0.1, 0.15) is 17.5 Å². The first-order chi connectivity index (χ1) is 8.45. The quantitative estimate of drug-likeness (QED) is 0.763. The van der Waals surface area contributed by atoms with Crippen molar-refractivity contribution in [2.75, 3.05) is 20.1 Å². The van der Waals surface area contributed by atoms with Gasteiger partial charge in [0.25, 0.3) is 10.2 Å². The van der Waals surface area contributed by atoms with Crippen LogP contribution in [-0.4, -0.2) is 32.9 Å². The molecule has 0 aliphatic rings. The molecule has 0 saturated heterocycles. The summed E-state index contributed by atoms with van der Waals surface area (Å²) in [4.78, 5) is 0. The number of aryl methyl sites for hydroxylation is 1. The zero-order valence-corrected chi connectivity index (χ0v) is 11.7. The van der Waals surface area contributed by atoms with E-state index < -0.39 is 10.2 Å². The van der Waals surface area contributed by atoms with Crippen molar-refractivity contribution in [3.8, 4) is 0 Å². The van der Waals surface area contributed by atoms with Crippen molar-refractivity contribution in [3.05, 3.63) is 35.4 Å². The maximum Gasteiger partial charge on any atom is 0.279 e. The van der Waals surface area contributed by atoms with Gasteiger partial charge >= 0.3 is 0 Å². The summed E-state index contributed by atoms with van der Waals surface area (Å²) in [5, 5.41) is 0. The predicted molar refractivity (Wildman–Crippen MR) is 73.2 cm³/mol. The van der Waals surface area contributed by atoms with E-state index in [1.54, 1.807) is 7.05 Å². The molecule has 18 heavy (non-hydrogen) atoms. The molecule has 0 fully saturated rings. The van der Waals surface area contributed by atoms with E-state index in [0.717, 1.165) is 11.1 Å². The van der Waals surface area contributed by atoms with Gasteiger partial charge in [0, 0.05) is 20.1 Å². The monoisotopic (exact) mass is 271 g/mol. The van der Waals surface area contributed by atoms with Gasteiger partial charge in [-0.2, -0.15) is 17.4 Å². The van der Waals surface area contributed by atoms with Gasteiger partial charge in [-0.05, 0) is 25.5 Å². The first kappa shape index (κ1) is 15.1. The van der Waals surface area contributed by atoms with E-state index >= 15 is 0 Å². The number of nitrogens with two attached hydrogens (primary N) is 1. The fraction of sp³-hybridized carbons (Fsp3) is 0.500. The van der Waals surface area contributed by atoms with E-state index in [4.69, 9.17) is 5.73 Å². The lowest BCUT2D eigenvalue weighted by Crippen LogP contribution is -2.38. The van der Waals surface area contributed by atoms with Crippen molar-refractivity contribution in [2.45, 2.75) is 19.9 Å². The molecule has 5 nitrogen and oxygen atoms in total. The second kappa shape index (κ2) is 6.84. The van der Waals surface area contributed by atoms with Gasteiger partial charge in [-0.25, -0.2) is 0 Å². The predicted octanol–water partition coefficient (Wildman–Crippen LogP) is 0.610. The lowest BCUT2D eigenvalue weighted by Gasteiger charge is -2.17. The number of rotatable bonds is 7. The SMILES string of the molecule is Cc1cccc(CNS(=O)(=O)N(C)CCCN)c1. The molecule has 0 amide bonds. The van der Waals surface area contributed by atoms with Crippen LogP contribution < -0.4 is 10.5 Å². The van der Waals surface area contributed by atoms with Gasteiger partial charge in [-0.1, -0.05) is 29.8 Å². The minimum atomic E-state index is -3.42. The Morgan fingerprint density at radius 3 is 2.72 bits per heavy atom. The summed E-state index contributed by atoms with van der Waals surface area (Å²) in [5.74, 6) is 0. The van der Waals surface area contributed by atoms with Crippen molar-refractivity contribution in [2.24, 2.45) is 5.73 Å². The molecule has 0 aliphatic heterocycles. The Hall–Kier alpha value is -0.950. The third-order valence-electron chi connectivity index (χ3n) is 2.63. The maximum atomic E-state index is 11.9. The van der Waals surface area contributed by atoms with E-state index in [0.29, 0.717) is 26.1 Å². The first-order valence-electron chi connectivity index (χ1n) is 5.92. The van der Waals surface area contributed by atoms with Crippen molar-refractivity contribution in [1.29, 1.82) is 0 Å². The molecular formula is C12H21N3O2S. The van der Waals surface area contributed by atoms with Gasteiger partial charge in [0.1, 0.15) is 0 Å². The van der Waals surface area contributed by atoms with Gasteiger partial charge < -0.3 is 5.73 Å². The van der Waals surface area contributed by atoms with E-state index in [1.165, 1.54) is 4.31 Å². The smallest absolute Gasteiger partial charge is 0.279 e. The molecular weight excluding hydrogens is 250 g/mol. The van der Waals surface area contributed by atoms with Crippen LogP contribution in [0.15, 0.2) is 24.3 Å². The fourth-order valence-corrected chi connectivity index (χ4v) is 2.48. The second-order valence-corrected chi connectivity index (χ2v) is 6.14. The molecule has 3 N–H and O–H groups in total. The lowest BCUT2D eigenvalue weighted by atomic mass is 10.1. The molecule has 1 aromatic rings. The summed E-state index contributed by atoms with van der Waals surface area (Å²) in [5.41, 5.74) is 7.42. The van der Waals surface area contributed by atoms with Gasteiger partial charge in [0.15, 0.2) is 0 Å². The minimum absolute atomic E-state index is 0.303. The van der Waals surface area contributed by atoms with E-state index in [-0.39, 0.29) is 0 Å². The number of benzene rings is 1. The Kier molecular flexibility index (Phi) is 5.74. The van der Waals surface area contributed by atoms with E-state index in [9.17, 15) is 8.42 Å². The van der Waals surface area contributed by atoms with Crippen LogP contribution in [0.4, 0.5) is 0 Å². The highest BCUT2D eigenvalue weighted by molar-refractivity contribution is 7.87. The number of nitrogens with zero attached hydrogens (tertiary/aromatic N) is 1. The van der Waals surface area contributed by atoms with Crippen LogP contribution >= 0.6 is 0 Å². The normalized spacial score (nSPS) is 12.0. The topological polar surface area (TPSA) is 75.4 Å². The first-order valence-corrected chi connectivity index (χ1v) is 7.36. The molecule has 0 saturated carbocycles. The molecule has 1 rings (SSSR count). The fourth-order valence-electron chi connectivity index (χ4n) is 1.54. The molecule has 0 atom stereocenters. The molecule has 6 heteroatoms. The Morgan fingerprint density at radius 2 is 2.11 bits per heavy atom. The van der Waals surface area contributed by atoms with Gasteiger partial charge in [0.05, 0.1) is 0 Å². The van der Waals surface area contributed by atoms with Crippen LogP contribution in [0.5, 0.6) is 0 Å². The van der Waals surface area contributed by atoms with Crippen LogP contribution in [0.2, 0.25) is 0 Å². The van der Waals surface area contributed by atoms with Crippen molar-refractivity contribution in [3.63, 3.8) is 0 Å². The van der Waals surface area contributed by atoms with Crippen LogP contribution in [0, 0.1) is 6.92 Å². The zero-order chi connectivity index (χ0) is 13.6. The summed E-state index contributed by atoms with van der Waals surface area (Å²) in [6.45, 7) is 3.19. The van der Waals surface area contributed by atoms with Crippen LogP contribution in [-0.2, 0) is 16.8 Å². The highest BCUT2D eigenvalue weighted by atomic mass is 32.2. The third-order valence-corrected chi connectivity index (χ3v) is 4.14. The molecule has 0 heterocycles. The lowest BCUT2D eigenvalue weighted by molar-refractivity contribution is 0.452. The van der Waals surface area contributed by atoms with Gasteiger partial charge in [-0.3, -0.25) is 0 Å². The van der Waals surface area contributed by atoms with E-state index in [1.807, 2.05) is 31.2 Å². The molecule has 0 radical (unpaired) electrons. The minimum Gasteiger partial charge on any atom is -0.330 e. The summed E-state index contributed by atoms with van der Waals surface area (Å²) in [6, 6.07) is 7.75. The average molecular weight is 271 g/mol. The molecule has 0 aliphatic carbocycles. The summed E-state index contributed by atoms with van der Waals surface area (Å²) >= 11 is 0. The van der Waals surface area contributed by atoms with Gasteiger partial charge in [0.2, 0.25) is 0 Å². The zero-order valence-electron chi connectivity index (χ0n) is 10.9. The Labute approximate surface area is 109 Å². The molecule has 1 aromatic carbocycles. The van der Waals surface area contributed by atoms with Crippen molar-refractivity contribution >= 4 is 10.2 Å². The van der Waals surface area contributed by atoms with Crippen LogP contribution in [0.3, 0.4) is 0 Å². The summed E-state index contributed by atoms with van der Waals surface area (Å²) < 4.78 is 27.6. The molecule has 0 aromatic heterocycles. The standard InChI is InChI=1S/C12H21N3O2S/c1-11-5-3-6-12(9-11)10-14-18(16,17)15(2)8-4-7-13/h3,5-6,9,14H,4,7-8,10,13H2,1-2H3. The molecule has 102 valence electrons. The summed E-state index contributed by atoms with van der Waals surface area (Å²) in [6.07, 6.45) is 0.655. The van der Waals surface area contributed by atoms with Gasteiger partial charge in [-0.15, -0.1) is 0 Å². The number of hydrogen-bond donors (Lipinski definition) is 2. The highest BCUT2D eigenvalue weighted by Crippen LogP contribution is 2.05. The Balaban J connectivity index is 2.56. The number of hydrogen-bond acceptors (Lipinski definition) is 3. The molecule has 0 bridgehead atoms. The largest absolute Gasteiger partial charge is 0.330 e. The summed E-state index contributed by atoms with van der Waals surface area (Å²) in [7, 11) is -1.87. The molecule has 0 spiro atoms. The Morgan fingerprint density at radius 1 is 1.39 bits per heavy atom. The maximum absolute atomic E-state index is 11.9. The van der Waals surface area contributed by atoms with Crippen molar-refractivity contribution in [1.82, 2.24) is 9.03 Å². The average Bonchev–Trinajstić information content (AvgIpc) is 2.33. The third kappa shape index (κ3) is 4.73. The van der Waals surface area contributed by atoms with Crippen molar-refractivity contribution < 1.29 is 8.42 Å². The number of nitrogens with one attached hydrogen (secondary N) is 1. The Bertz CT molecular complexity index is 474. The molecule has 0 unspecified atom stereocenters. The highest BCUT2D eigenvalue weighted by Gasteiger charge is 2.16. The van der Waals surface area contributed by atoms with E-state index in [2.05, 4.69) is 4.72 Å².